The Morgan fingerprint density at radius 2 is 2.09 bits per heavy atom. The Morgan fingerprint density at radius 3 is 2.55 bits per heavy atom. The molecule has 0 radical (unpaired) electrons. The highest BCUT2D eigenvalue weighted by atomic mass is 16.2. The van der Waals surface area contributed by atoms with Gasteiger partial charge in [0.15, 0.2) is 7.05 Å². The second-order valence-electron chi connectivity index (χ2n) is 2.03. The van der Waals surface area contributed by atoms with Crippen LogP contribution in [0.2, 0.25) is 0 Å². The molecule has 0 aliphatic carbocycles. The highest BCUT2D eigenvalue weighted by Gasteiger charge is 2.01. The van der Waals surface area contributed by atoms with E-state index in [9.17, 15) is 4.79 Å². The molecule has 0 aliphatic heterocycles. The van der Waals surface area contributed by atoms with Gasteiger partial charge in [0, 0.05) is 0 Å². The number of carbonyl (C=O) groups excluding carboxylic acids is 1. The summed E-state index contributed by atoms with van der Waals surface area (Å²) in [5, 5.41) is 3.81. The lowest BCUT2D eigenvalue weighted by Crippen LogP contribution is -2.08. The Balaban J connectivity index is 4.01. The van der Waals surface area contributed by atoms with Gasteiger partial charge < -0.3 is 0 Å². The molecule has 0 aromatic rings. The molecule has 0 saturated heterocycles. The maximum atomic E-state index is 10.6. The predicted octanol–water partition coefficient (Wildman–Crippen LogP) is 1.72. The third kappa shape index (κ3) is 5.21. The van der Waals surface area contributed by atoms with Gasteiger partial charge in [-0.2, -0.15) is 0 Å². The molecule has 0 N–H and O–H groups in total. The molecule has 3 heteroatoms. The van der Waals surface area contributed by atoms with E-state index in [0.29, 0.717) is 0 Å². The van der Waals surface area contributed by atoms with E-state index in [-0.39, 0.29) is 5.91 Å². The summed E-state index contributed by atoms with van der Waals surface area (Å²) >= 11 is 0. The average molecular weight is 153 g/mol. The van der Waals surface area contributed by atoms with Crippen molar-refractivity contribution in [2.75, 3.05) is 7.05 Å². The molecule has 0 fully saturated rings. The van der Waals surface area contributed by atoms with Crippen LogP contribution in [0.3, 0.4) is 0 Å². The zero-order valence-electron chi connectivity index (χ0n) is 7.11. The van der Waals surface area contributed by atoms with Crippen molar-refractivity contribution in [1.29, 1.82) is 0 Å². The fourth-order valence-electron chi connectivity index (χ4n) is 0.381. The molecule has 60 valence electrons. The molecule has 0 bridgehead atoms. The van der Waals surface area contributed by atoms with E-state index in [0.717, 1.165) is 0 Å². The molecule has 0 heterocycles. The minimum Gasteiger partial charge on any atom is -0.217 e. The molecule has 0 unspecified atom stereocenters. The van der Waals surface area contributed by atoms with Crippen LogP contribution in [0.4, 0.5) is 0 Å². The highest BCUT2D eigenvalue weighted by Crippen LogP contribution is 1.80. The van der Waals surface area contributed by atoms with Crippen molar-refractivity contribution in [1.82, 2.24) is 0 Å². The summed E-state index contributed by atoms with van der Waals surface area (Å²) in [6, 6.07) is 0. The van der Waals surface area contributed by atoms with Crippen LogP contribution in [0.1, 0.15) is 13.8 Å². The monoisotopic (exact) mass is 153 g/mol. The van der Waals surface area contributed by atoms with Crippen LogP contribution in [0.15, 0.2) is 29.5 Å². The summed E-state index contributed by atoms with van der Waals surface area (Å²) in [7, 11) is 1.61. The van der Waals surface area contributed by atoms with Crippen LogP contribution in [0, 0.1) is 0 Å². The van der Waals surface area contributed by atoms with E-state index in [4.69, 9.17) is 0 Å². The van der Waals surface area contributed by atoms with Gasteiger partial charge in [-0.05, 0) is 18.1 Å². The van der Waals surface area contributed by atoms with Crippen molar-refractivity contribution < 1.29 is 9.49 Å². The quantitative estimate of drug-likeness (QED) is 0.337. The summed E-state index contributed by atoms with van der Waals surface area (Å²) in [6.45, 7) is 3.38. The summed E-state index contributed by atoms with van der Waals surface area (Å²) in [5.74, 6) is -0.0740. The summed E-state index contributed by atoms with van der Waals surface area (Å²) in [6.07, 6.45) is 7.07. The van der Waals surface area contributed by atoms with Gasteiger partial charge in [0.05, 0.1) is 13.1 Å². The molecule has 0 spiro atoms. The van der Waals surface area contributed by atoms with Crippen LogP contribution < -0.4 is 0 Å². The zero-order valence-corrected chi connectivity index (χ0v) is 7.11. The first kappa shape index (κ1) is 9.75. The molecule has 0 rings (SSSR count). The molecule has 0 saturated carbocycles. The minimum absolute atomic E-state index is 0.0740. The largest absolute Gasteiger partial charge is 0.408 e. The van der Waals surface area contributed by atoms with E-state index in [1.165, 1.54) is 11.6 Å². The molecule has 0 atom stereocenters. The lowest BCUT2D eigenvalue weighted by Gasteiger charge is -1.79. The van der Waals surface area contributed by atoms with Crippen LogP contribution in [0.5, 0.6) is 0 Å². The lowest BCUT2D eigenvalue weighted by atomic mass is 10.5. The summed E-state index contributed by atoms with van der Waals surface area (Å²) in [5.41, 5.74) is 0. The van der Waals surface area contributed by atoms with Crippen molar-refractivity contribution in [2.45, 2.75) is 13.8 Å². The average Bonchev–Trinajstić information content (AvgIpc) is 1.97. The van der Waals surface area contributed by atoms with Gasteiger partial charge in [-0.3, -0.25) is 0 Å². The molecule has 1 amide bonds. The Hall–Kier alpha value is -1.25. The number of nitrogens with zero attached hydrogens (tertiary/aromatic N) is 2. The Bertz CT molecular complexity index is 214. The summed E-state index contributed by atoms with van der Waals surface area (Å²) in [4.78, 5) is 10.6. The van der Waals surface area contributed by atoms with Crippen LogP contribution >= 0.6 is 0 Å². The minimum atomic E-state index is -0.0740. The number of azo groups is 2. The number of allylic oxidation sites excluding steroid dienone is 3. The van der Waals surface area contributed by atoms with Crippen molar-refractivity contribution >= 4 is 5.91 Å². The standard InChI is InChI=1S/C8H13N2O/c1-4-5-6-7-9-10(3)8(2)11/h4-7H,1-3H3/q+1. The topological polar surface area (TPSA) is 32.4 Å². The molecule has 0 aromatic carbocycles. The molecular weight excluding hydrogens is 140 g/mol. The second kappa shape index (κ2) is 5.53. The fourth-order valence-corrected chi connectivity index (χ4v) is 0.381. The number of rotatable bonds is 2. The van der Waals surface area contributed by atoms with Gasteiger partial charge in [0.25, 0.3) is 0 Å². The maximum Gasteiger partial charge on any atom is 0.408 e. The molecule has 0 aromatic heterocycles. The molecule has 11 heavy (non-hydrogen) atoms. The van der Waals surface area contributed by atoms with Crippen molar-refractivity contribution in [2.24, 2.45) is 5.11 Å². The van der Waals surface area contributed by atoms with Gasteiger partial charge in [0.1, 0.15) is 0 Å². The van der Waals surface area contributed by atoms with E-state index < -0.39 is 0 Å². The Morgan fingerprint density at radius 1 is 1.45 bits per heavy atom. The first-order valence-corrected chi connectivity index (χ1v) is 3.41. The third-order valence-corrected chi connectivity index (χ3v) is 1.09. The Labute approximate surface area is 66.7 Å². The van der Waals surface area contributed by atoms with Gasteiger partial charge in [-0.1, -0.05) is 16.8 Å². The number of amides is 1. The van der Waals surface area contributed by atoms with E-state index >= 15 is 0 Å². The second-order valence-corrected chi connectivity index (χ2v) is 2.03. The normalized spacial score (nSPS) is 13.2. The van der Waals surface area contributed by atoms with Crippen LogP contribution in [-0.2, 0) is 4.79 Å². The van der Waals surface area contributed by atoms with Crippen molar-refractivity contribution in [3.05, 3.63) is 24.4 Å². The van der Waals surface area contributed by atoms with Crippen molar-refractivity contribution in [3.63, 3.8) is 0 Å². The number of hydrogen-bond donors (Lipinski definition) is 0. The van der Waals surface area contributed by atoms with Gasteiger partial charge in [-0.15, -0.1) is 0 Å². The molecule has 3 nitrogen and oxygen atoms in total. The third-order valence-electron chi connectivity index (χ3n) is 1.09. The molecular formula is C8H13N2O+. The zero-order chi connectivity index (χ0) is 8.69. The lowest BCUT2D eigenvalue weighted by molar-refractivity contribution is -0.480. The predicted molar refractivity (Wildman–Crippen MR) is 43.2 cm³/mol. The first-order valence-electron chi connectivity index (χ1n) is 3.41. The fraction of sp³-hybridized carbons (Fsp3) is 0.375. The van der Waals surface area contributed by atoms with E-state index in [2.05, 4.69) is 5.11 Å². The number of carbonyl (C=O) groups is 1. The van der Waals surface area contributed by atoms with Crippen molar-refractivity contribution in [3.8, 4) is 0 Å². The highest BCUT2D eigenvalue weighted by molar-refractivity contribution is 5.62. The van der Waals surface area contributed by atoms with E-state index in [1.807, 2.05) is 19.1 Å². The first-order chi connectivity index (χ1) is 5.18. The number of hydrogen-bond acceptors (Lipinski definition) is 2. The van der Waals surface area contributed by atoms with Gasteiger partial charge in [-0.25, -0.2) is 4.79 Å². The summed E-state index contributed by atoms with van der Waals surface area (Å²) < 4.78 is 1.28. The maximum absolute atomic E-state index is 10.6. The van der Waals surface area contributed by atoms with Gasteiger partial charge >= 0.3 is 5.91 Å². The Kier molecular flexibility index (Phi) is 4.90. The van der Waals surface area contributed by atoms with Gasteiger partial charge in [0.2, 0.25) is 0 Å². The van der Waals surface area contributed by atoms with Crippen LogP contribution in [-0.4, -0.2) is 17.7 Å². The smallest absolute Gasteiger partial charge is 0.217 e. The van der Waals surface area contributed by atoms with Crippen LogP contribution in [0.25, 0.3) is 0 Å². The molecule has 0 aliphatic rings. The SMILES string of the molecule is CC=CC=CN=[N+](C)C(C)=O. The van der Waals surface area contributed by atoms with E-state index in [1.54, 1.807) is 19.3 Å².